The van der Waals surface area contributed by atoms with Crippen molar-refractivity contribution < 1.29 is 64.0 Å². The summed E-state index contributed by atoms with van der Waals surface area (Å²) in [6.45, 7) is -0.653. The molecule has 15 nitrogen and oxygen atoms in total. The number of phenolic OH excluding ortho intramolecular Hbond substituents is 3. The zero-order valence-electron chi connectivity index (χ0n) is 32.3. The van der Waals surface area contributed by atoms with Crippen LogP contribution in [0.25, 0.3) is 12.2 Å². The third-order valence-corrected chi connectivity index (χ3v) is 10.4. The van der Waals surface area contributed by atoms with E-state index in [9.17, 15) is 45.0 Å². The summed E-state index contributed by atoms with van der Waals surface area (Å²) in [7, 11) is 1.61. The molecule has 0 amide bonds. The Balaban J connectivity index is 1.42. The third-order valence-electron chi connectivity index (χ3n) is 10.4. The summed E-state index contributed by atoms with van der Waals surface area (Å²) < 4.78 is 24.4. The van der Waals surface area contributed by atoms with Crippen molar-refractivity contribution in [2.75, 3.05) is 40.0 Å². The molecule has 1 aliphatic heterocycles. The topological polar surface area (TPSA) is 248 Å². The molecule has 3 aromatic carbocycles. The highest BCUT2D eigenvalue weighted by molar-refractivity contribution is 5.97. The number of carbonyl (C=O) groups is 3. The number of nitrogens with one attached hydrogen (secondary N) is 1. The minimum absolute atomic E-state index is 0.0713. The number of nitrogens with two attached hydrogens (primary N) is 1. The Morgan fingerprint density at radius 2 is 1.76 bits per heavy atom. The second-order valence-corrected chi connectivity index (χ2v) is 14.7. The van der Waals surface area contributed by atoms with E-state index in [-0.39, 0.29) is 61.3 Å². The van der Waals surface area contributed by atoms with E-state index in [1.807, 2.05) is 30.3 Å². The fourth-order valence-corrected chi connectivity index (χ4v) is 7.58. The maximum Gasteiger partial charge on any atom is 0.336 e. The lowest BCUT2D eigenvalue weighted by Crippen LogP contribution is -2.69. The molecule has 15 heteroatoms. The van der Waals surface area contributed by atoms with Gasteiger partial charge in [-0.15, -0.1) is 0 Å². The molecule has 2 aliphatic rings. The summed E-state index contributed by atoms with van der Waals surface area (Å²) in [5, 5.41) is 65.6. The minimum Gasteiger partial charge on any atom is -0.504 e. The maximum atomic E-state index is 14.2. The van der Waals surface area contributed by atoms with Gasteiger partial charge in [0.1, 0.15) is 31.0 Å². The maximum absolute atomic E-state index is 14.2. The van der Waals surface area contributed by atoms with E-state index in [4.69, 9.17) is 24.7 Å². The number of phenols is 3. The number of hydrogen-bond donors (Lipinski definition) is 8. The number of rotatable bonds is 18. The van der Waals surface area contributed by atoms with Crippen LogP contribution in [-0.2, 0) is 41.6 Å². The monoisotopic (exact) mass is 804 g/mol. The van der Waals surface area contributed by atoms with Gasteiger partial charge in [-0.1, -0.05) is 48.6 Å². The highest BCUT2D eigenvalue weighted by atomic mass is 16.6. The normalized spacial score (nSPS) is 24.9. The number of aliphatic hydroxyl groups is 2. The fraction of sp³-hybridized carbons (Fsp3) is 0.419. The quantitative estimate of drug-likeness (QED) is 0.0681. The van der Waals surface area contributed by atoms with Gasteiger partial charge in [-0.2, -0.15) is 0 Å². The zero-order chi connectivity index (χ0) is 41.9. The zero-order valence-corrected chi connectivity index (χ0v) is 32.3. The van der Waals surface area contributed by atoms with Crippen LogP contribution in [0.4, 0.5) is 0 Å². The number of ketones is 2. The Morgan fingerprint density at radius 3 is 2.45 bits per heavy atom. The number of likely N-dealkylation sites (N-methyl/N-ethyl adjacent to an activating group) is 1. The first kappa shape index (κ1) is 44.0. The van der Waals surface area contributed by atoms with E-state index in [0.717, 1.165) is 5.56 Å². The van der Waals surface area contributed by atoms with E-state index in [0.29, 0.717) is 18.4 Å². The molecular weight excluding hydrogens is 752 g/mol. The molecular formula is C43H52N2O13. The van der Waals surface area contributed by atoms with Crippen molar-refractivity contribution in [2.24, 2.45) is 11.7 Å². The number of fused-ring (bicyclic) bond motifs is 1. The van der Waals surface area contributed by atoms with Crippen LogP contribution in [-0.4, -0.2) is 118 Å². The van der Waals surface area contributed by atoms with Crippen molar-refractivity contribution in [2.45, 2.75) is 68.2 Å². The average Bonchev–Trinajstić information content (AvgIpc) is 3.19. The van der Waals surface area contributed by atoms with E-state index in [1.165, 1.54) is 48.6 Å². The van der Waals surface area contributed by atoms with Crippen LogP contribution >= 0.6 is 0 Å². The number of carbonyl (C=O) groups excluding carboxylic acids is 2. The predicted molar refractivity (Wildman–Crippen MR) is 212 cm³/mol. The predicted octanol–water partition coefficient (Wildman–Crippen LogP) is 2.87. The van der Waals surface area contributed by atoms with Gasteiger partial charge < -0.3 is 60.6 Å². The summed E-state index contributed by atoms with van der Waals surface area (Å²) >= 11 is 0. The van der Waals surface area contributed by atoms with Crippen LogP contribution in [0.3, 0.4) is 0 Å². The van der Waals surface area contributed by atoms with Crippen LogP contribution in [0.1, 0.15) is 47.9 Å². The second-order valence-electron chi connectivity index (χ2n) is 14.7. The standard InChI is InChI=1S/C43H52N2O13/c1-45-26-43-25-42(41(53)54,57-24-32(47)12-9-28-10-14-38(36(51)17-28)55-16-15-44)21-37(52)40(43)56-23-29(8-7-27-5-3-2-4-6-27)18-39(58-43)33(48)13-11-30-19-34(49)35(50)20-31(30)22-46/h2-6,9-14,17,19-20,29,37,39-40,45-46,49-52H,7-8,15-16,18,21-26,44H2,1H3,(H,53,54)/t29-,37+,39-,40+,42-,43-/m0/s1. The molecule has 0 aromatic heterocycles. The number of aliphatic hydroxyl groups excluding tert-OH is 2. The highest BCUT2D eigenvalue weighted by Gasteiger charge is 2.61. The number of aromatic hydroxyl groups is 3. The molecule has 5 rings (SSSR count). The molecule has 312 valence electrons. The van der Waals surface area contributed by atoms with Gasteiger partial charge in [0.15, 0.2) is 40.2 Å². The number of hydrogen-bond acceptors (Lipinski definition) is 14. The second kappa shape index (κ2) is 20.0. The molecule has 3 aromatic rings. The lowest BCUT2D eigenvalue weighted by molar-refractivity contribution is -0.268. The van der Waals surface area contributed by atoms with Crippen LogP contribution in [0.5, 0.6) is 23.0 Å². The molecule has 6 atom stereocenters. The number of aliphatic carboxylic acids is 1. The number of aryl methyl sites for hydroxylation is 1. The van der Waals surface area contributed by atoms with Gasteiger partial charge in [-0.05, 0) is 90.9 Å². The molecule has 0 unspecified atom stereocenters. The number of ether oxygens (including phenoxy) is 4. The van der Waals surface area contributed by atoms with Gasteiger partial charge in [0, 0.05) is 25.9 Å². The van der Waals surface area contributed by atoms with Crippen LogP contribution < -0.4 is 15.8 Å². The molecule has 2 fully saturated rings. The SMILES string of the molecule is CNC[C@@]12C[C@](OCC(=O)C=Cc3ccc(OCCN)c(O)c3)(C(=O)O)C[C@@H](O)[C@H]1OC[C@@H](CCc1ccccc1)C[C@@H](C(=O)C=Cc1cc(O)c(O)cc1CO)O2. The minimum atomic E-state index is -2.14. The van der Waals surface area contributed by atoms with Crippen molar-refractivity contribution in [1.29, 1.82) is 0 Å². The lowest BCUT2D eigenvalue weighted by Gasteiger charge is -2.53. The Kier molecular flexibility index (Phi) is 15.2. The summed E-state index contributed by atoms with van der Waals surface area (Å²) in [4.78, 5) is 40.4. The smallest absolute Gasteiger partial charge is 0.336 e. The molecule has 0 radical (unpaired) electrons. The first-order valence-corrected chi connectivity index (χ1v) is 19.1. The summed E-state index contributed by atoms with van der Waals surface area (Å²) in [5.74, 6) is -3.60. The molecule has 1 saturated heterocycles. The van der Waals surface area contributed by atoms with Gasteiger partial charge in [0.05, 0.1) is 19.3 Å². The first-order valence-electron chi connectivity index (χ1n) is 19.1. The van der Waals surface area contributed by atoms with Crippen LogP contribution in [0, 0.1) is 5.92 Å². The largest absolute Gasteiger partial charge is 0.504 e. The molecule has 1 saturated carbocycles. The molecule has 1 heterocycles. The van der Waals surface area contributed by atoms with Gasteiger partial charge in [0.2, 0.25) is 0 Å². The van der Waals surface area contributed by atoms with Crippen molar-refractivity contribution in [3.8, 4) is 23.0 Å². The van der Waals surface area contributed by atoms with Gasteiger partial charge in [-0.3, -0.25) is 9.59 Å². The third kappa shape index (κ3) is 10.9. The van der Waals surface area contributed by atoms with Crippen LogP contribution in [0.15, 0.2) is 72.8 Å². The fourth-order valence-electron chi connectivity index (χ4n) is 7.58. The molecule has 1 aliphatic carbocycles. The molecule has 0 bridgehead atoms. The highest BCUT2D eigenvalue weighted by Crippen LogP contribution is 2.45. The molecule has 0 spiro atoms. The number of carboxylic acids is 1. The van der Waals surface area contributed by atoms with Crippen molar-refractivity contribution in [3.05, 3.63) is 95.1 Å². The van der Waals surface area contributed by atoms with Crippen LogP contribution in [0.2, 0.25) is 0 Å². The molecule has 58 heavy (non-hydrogen) atoms. The first-order chi connectivity index (χ1) is 27.8. The van der Waals surface area contributed by atoms with Crippen molar-refractivity contribution in [1.82, 2.24) is 5.32 Å². The lowest BCUT2D eigenvalue weighted by atomic mass is 9.70. The van der Waals surface area contributed by atoms with Gasteiger partial charge in [-0.25, -0.2) is 4.79 Å². The Hall–Kier alpha value is -5.13. The van der Waals surface area contributed by atoms with Crippen molar-refractivity contribution >= 4 is 29.7 Å². The van der Waals surface area contributed by atoms with E-state index in [1.54, 1.807) is 13.1 Å². The summed E-state index contributed by atoms with van der Waals surface area (Å²) in [6, 6.07) is 16.7. The van der Waals surface area contributed by atoms with E-state index in [2.05, 4.69) is 5.32 Å². The Bertz CT molecular complexity index is 1950. The average molecular weight is 805 g/mol. The van der Waals surface area contributed by atoms with Gasteiger partial charge in [0.25, 0.3) is 0 Å². The van der Waals surface area contributed by atoms with Gasteiger partial charge >= 0.3 is 5.97 Å². The summed E-state index contributed by atoms with van der Waals surface area (Å²) in [5.41, 5.74) is 3.73. The van der Waals surface area contributed by atoms with E-state index >= 15 is 0 Å². The Morgan fingerprint density at radius 1 is 1.00 bits per heavy atom. The molecule has 9 N–H and O–H groups in total. The van der Waals surface area contributed by atoms with Crippen molar-refractivity contribution in [3.63, 3.8) is 0 Å². The Labute approximate surface area is 336 Å². The summed E-state index contributed by atoms with van der Waals surface area (Å²) in [6.07, 6.45) is 2.07. The number of carboxylic acid groups (broad SMARTS) is 1. The number of benzene rings is 3. The van der Waals surface area contributed by atoms with E-state index < -0.39 is 84.6 Å².